The maximum atomic E-state index is 12.3. The van der Waals surface area contributed by atoms with Crippen molar-refractivity contribution >= 4 is 17.6 Å². The minimum absolute atomic E-state index is 0.00743. The fourth-order valence-electron chi connectivity index (χ4n) is 3.12. The fourth-order valence-corrected chi connectivity index (χ4v) is 3.12. The lowest BCUT2D eigenvalue weighted by molar-refractivity contribution is -0.385. The Labute approximate surface area is 146 Å². The van der Waals surface area contributed by atoms with Gasteiger partial charge in [-0.05, 0) is 31.9 Å². The first-order valence-corrected chi connectivity index (χ1v) is 8.39. The molecule has 8 nitrogen and oxygen atoms in total. The Kier molecular flexibility index (Phi) is 6.08. The molecule has 136 valence electrons. The summed E-state index contributed by atoms with van der Waals surface area (Å²) in [6, 6.07) is 4.63. The minimum Gasteiger partial charge on any atom is -0.480 e. The molecule has 1 aromatic carbocycles. The zero-order valence-corrected chi connectivity index (χ0v) is 14.4. The van der Waals surface area contributed by atoms with Crippen LogP contribution in [0.1, 0.15) is 42.6 Å². The molecule has 1 aliphatic carbocycles. The van der Waals surface area contributed by atoms with Gasteiger partial charge in [0.15, 0.2) is 0 Å². The lowest BCUT2D eigenvalue weighted by atomic mass is 9.85. The van der Waals surface area contributed by atoms with Crippen molar-refractivity contribution in [2.24, 2.45) is 0 Å². The van der Waals surface area contributed by atoms with Crippen LogP contribution in [0.5, 0.6) is 0 Å². The maximum Gasteiger partial charge on any atom is 0.317 e. The summed E-state index contributed by atoms with van der Waals surface area (Å²) in [5.74, 6) is -1.20. The van der Waals surface area contributed by atoms with Crippen LogP contribution < -0.4 is 5.32 Å². The van der Waals surface area contributed by atoms with Gasteiger partial charge in [-0.1, -0.05) is 19.9 Å². The lowest BCUT2D eigenvalue weighted by Crippen LogP contribution is -2.54. The van der Waals surface area contributed by atoms with Gasteiger partial charge in [0, 0.05) is 29.3 Å². The third kappa shape index (κ3) is 4.54. The van der Waals surface area contributed by atoms with E-state index in [4.69, 9.17) is 5.11 Å². The molecule has 2 N–H and O–H groups in total. The number of hydrogen-bond donors (Lipinski definition) is 2. The lowest BCUT2D eigenvalue weighted by Gasteiger charge is -2.42. The summed E-state index contributed by atoms with van der Waals surface area (Å²) >= 11 is 0. The van der Waals surface area contributed by atoms with Crippen molar-refractivity contribution in [2.75, 3.05) is 13.1 Å². The number of aryl methyl sites for hydroxylation is 1. The Balaban J connectivity index is 1.95. The van der Waals surface area contributed by atoms with Crippen LogP contribution in [0.2, 0.25) is 0 Å². The van der Waals surface area contributed by atoms with E-state index in [2.05, 4.69) is 5.32 Å². The number of nitro benzene ring substituents is 1. The first-order chi connectivity index (χ1) is 11.8. The molecule has 1 fully saturated rings. The maximum absolute atomic E-state index is 12.3. The molecule has 1 saturated carbocycles. The van der Waals surface area contributed by atoms with Gasteiger partial charge < -0.3 is 10.4 Å². The highest BCUT2D eigenvalue weighted by Gasteiger charge is 2.34. The number of amides is 1. The number of nitrogens with one attached hydrogen (secondary N) is 1. The second-order valence-corrected chi connectivity index (χ2v) is 6.21. The Bertz CT molecular complexity index is 670. The Hall–Kier alpha value is -2.48. The number of carbonyl (C=O) groups excluding carboxylic acids is 1. The van der Waals surface area contributed by atoms with Crippen LogP contribution in [0.3, 0.4) is 0 Å². The first-order valence-electron chi connectivity index (χ1n) is 8.39. The molecule has 25 heavy (non-hydrogen) atoms. The van der Waals surface area contributed by atoms with Crippen LogP contribution in [0.25, 0.3) is 0 Å². The van der Waals surface area contributed by atoms with Crippen molar-refractivity contribution in [2.45, 2.75) is 45.2 Å². The Morgan fingerprint density at radius 3 is 2.56 bits per heavy atom. The number of likely N-dealkylation sites (N-methyl/N-ethyl adjacent to an activating group) is 1. The number of nitrogens with zero attached hydrogens (tertiary/aromatic N) is 2. The summed E-state index contributed by atoms with van der Waals surface area (Å²) in [5.41, 5.74) is 0.822. The Morgan fingerprint density at radius 1 is 1.36 bits per heavy atom. The van der Waals surface area contributed by atoms with Crippen LogP contribution in [0.4, 0.5) is 5.69 Å². The minimum atomic E-state index is -0.863. The van der Waals surface area contributed by atoms with Gasteiger partial charge in [0.2, 0.25) is 0 Å². The topological polar surface area (TPSA) is 113 Å². The van der Waals surface area contributed by atoms with Crippen LogP contribution in [0.15, 0.2) is 18.2 Å². The van der Waals surface area contributed by atoms with E-state index in [1.807, 2.05) is 18.7 Å². The van der Waals surface area contributed by atoms with E-state index in [9.17, 15) is 19.7 Å². The molecule has 0 saturated heterocycles. The number of hydrogen-bond acceptors (Lipinski definition) is 5. The van der Waals surface area contributed by atoms with Gasteiger partial charge in [-0.3, -0.25) is 24.6 Å². The van der Waals surface area contributed by atoms with Crippen molar-refractivity contribution in [1.29, 1.82) is 0 Å². The van der Waals surface area contributed by atoms with Gasteiger partial charge >= 0.3 is 5.97 Å². The smallest absolute Gasteiger partial charge is 0.317 e. The number of carboxylic acids is 1. The van der Waals surface area contributed by atoms with Gasteiger partial charge in [0.05, 0.1) is 11.5 Å². The molecule has 1 aliphatic rings. The molecule has 1 aromatic rings. The normalized spacial score (nSPS) is 19.3. The molecular formula is C17H23N3O5. The zero-order chi connectivity index (χ0) is 18.6. The number of carboxylic acid groups (broad SMARTS) is 1. The quantitative estimate of drug-likeness (QED) is 0.547. The first kappa shape index (κ1) is 18.9. The van der Waals surface area contributed by atoms with Gasteiger partial charge in [0.25, 0.3) is 11.6 Å². The summed E-state index contributed by atoms with van der Waals surface area (Å²) in [6.45, 7) is 4.37. The molecule has 2 rings (SSSR count). The zero-order valence-electron chi connectivity index (χ0n) is 14.4. The van der Waals surface area contributed by atoms with Crippen LogP contribution in [-0.4, -0.2) is 52.0 Å². The summed E-state index contributed by atoms with van der Waals surface area (Å²) < 4.78 is 0. The predicted octanol–water partition coefficient (Wildman–Crippen LogP) is 1.82. The van der Waals surface area contributed by atoms with Gasteiger partial charge in [-0.15, -0.1) is 0 Å². The van der Waals surface area contributed by atoms with Crippen molar-refractivity contribution in [3.05, 3.63) is 39.4 Å². The molecule has 0 bridgehead atoms. The number of benzene rings is 1. The number of aliphatic carboxylic acids is 1. The fraction of sp³-hybridized carbons (Fsp3) is 0.529. The largest absolute Gasteiger partial charge is 0.480 e. The van der Waals surface area contributed by atoms with E-state index < -0.39 is 10.9 Å². The van der Waals surface area contributed by atoms with E-state index >= 15 is 0 Å². The molecule has 8 heteroatoms. The third-order valence-corrected chi connectivity index (χ3v) is 4.63. The highest BCUT2D eigenvalue weighted by Crippen LogP contribution is 2.26. The van der Waals surface area contributed by atoms with Gasteiger partial charge in [-0.25, -0.2) is 0 Å². The highest BCUT2D eigenvalue weighted by molar-refractivity contribution is 5.95. The molecule has 1 amide bonds. The standard InChI is InChI=1S/C17H23N3O5/c1-3-11-5-6-12(7-15(11)20(24)25)17(23)18-13-8-14(9-13)19(4-2)10-16(21)22/h5-7,13-14H,3-4,8-10H2,1-2H3,(H,18,23)(H,21,22). The van der Waals surface area contributed by atoms with Crippen LogP contribution >= 0.6 is 0 Å². The van der Waals surface area contributed by atoms with Crippen molar-refractivity contribution in [3.8, 4) is 0 Å². The highest BCUT2D eigenvalue weighted by atomic mass is 16.6. The number of carbonyl (C=O) groups is 2. The third-order valence-electron chi connectivity index (χ3n) is 4.63. The Morgan fingerprint density at radius 2 is 2.04 bits per heavy atom. The molecule has 0 atom stereocenters. The summed E-state index contributed by atoms with van der Waals surface area (Å²) in [4.78, 5) is 35.6. The van der Waals surface area contributed by atoms with E-state index in [0.29, 0.717) is 31.4 Å². The van der Waals surface area contributed by atoms with E-state index in [-0.39, 0.29) is 35.8 Å². The molecule has 0 spiro atoms. The van der Waals surface area contributed by atoms with E-state index in [1.165, 1.54) is 6.07 Å². The summed E-state index contributed by atoms with van der Waals surface area (Å²) in [5, 5.41) is 22.9. The second kappa shape index (κ2) is 8.06. The molecule has 0 aliphatic heterocycles. The molecule has 0 heterocycles. The second-order valence-electron chi connectivity index (χ2n) is 6.21. The SMILES string of the molecule is CCc1ccc(C(=O)NC2CC(N(CC)CC(=O)O)C2)cc1[N+](=O)[O-]. The summed E-state index contributed by atoms with van der Waals surface area (Å²) in [6.07, 6.45) is 1.89. The van der Waals surface area contributed by atoms with Gasteiger partial charge in [0.1, 0.15) is 0 Å². The average Bonchev–Trinajstić information content (AvgIpc) is 2.54. The molecule has 0 radical (unpaired) electrons. The van der Waals surface area contributed by atoms with Crippen LogP contribution in [-0.2, 0) is 11.2 Å². The van der Waals surface area contributed by atoms with Crippen molar-refractivity contribution < 1.29 is 19.6 Å². The molecule has 0 aromatic heterocycles. The number of rotatable bonds is 8. The number of nitro groups is 1. The summed E-state index contributed by atoms with van der Waals surface area (Å²) in [7, 11) is 0. The van der Waals surface area contributed by atoms with E-state index in [0.717, 1.165) is 0 Å². The van der Waals surface area contributed by atoms with Crippen molar-refractivity contribution in [3.63, 3.8) is 0 Å². The van der Waals surface area contributed by atoms with E-state index in [1.54, 1.807) is 12.1 Å². The predicted molar refractivity (Wildman–Crippen MR) is 91.6 cm³/mol. The van der Waals surface area contributed by atoms with Gasteiger partial charge in [-0.2, -0.15) is 0 Å². The van der Waals surface area contributed by atoms with Crippen molar-refractivity contribution in [1.82, 2.24) is 10.2 Å². The molecule has 0 unspecified atom stereocenters. The average molecular weight is 349 g/mol. The van der Waals surface area contributed by atoms with Crippen LogP contribution in [0, 0.1) is 10.1 Å². The molecular weight excluding hydrogens is 326 g/mol. The monoisotopic (exact) mass is 349 g/mol.